The van der Waals surface area contributed by atoms with E-state index < -0.39 is 55.9 Å². The molecule has 342 valence electrons. The number of carbonyl (C=O) groups excluding carboxylic acids is 2. The number of anilines is 2. The maximum absolute atomic E-state index is 13.8. The van der Waals surface area contributed by atoms with Crippen molar-refractivity contribution in [1.29, 1.82) is 0 Å². The number of benzene rings is 3. The first-order valence-corrected chi connectivity index (χ1v) is 22.8. The van der Waals surface area contributed by atoms with Gasteiger partial charge >= 0.3 is 5.97 Å². The molecule has 6 aromatic rings. The molecule has 0 unspecified atom stereocenters. The highest BCUT2D eigenvalue weighted by atomic mass is 32.2. The molecule has 0 radical (unpaired) electrons. The van der Waals surface area contributed by atoms with Crippen LogP contribution in [0.3, 0.4) is 0 Å². The molecule has 0 aliphatic rings. The van der Waals surface area contributed by atoms with Gasteiger partial charge in [0.1, 0.15) is 17.4 Å². The van der Waals surface area contributed by atoms with Crippen LogP contribution in [-0.2, 0) is 44.6 Å². The zero-order valence-corrected chi connectivity index (χ0v) is 36.8. The number of aromatic nitrogens is 4. The van der Waals surface area contributed by atoms with Crippen LogP contribution < -0.4 is 37.0 Å². The van der Waals surface area contributed by atoms with Gasteiger partial charge in [0.15, 0.2) is 0 Å². The van der Waals surface area contributed by atoms with Crippen LogP contribution in [0.1, 0.15) is 55.0 Å². The van der Waals surface area contributed by atoms with E-state index in [0.29, 0.717) is 40.0 Å². The number of carboxylic acid groups (broad SMARTS) is 1. The van der Waals surface area contributed by atoms with Gasteiger partial charge in [-0.25, -0.2) is 23.8 Å². The number of aliphatic carboxylic acids is 1. The molecule has 0 aliphatic heterocycles. The van der Waals surface area contributed by atoms with Crippen molar-refractivity contribution in [2.45, 2.75) is 62.7 Å². The fourth-order valence-electron chi connectivity index (χ4n) is 7.09. The topological polar surface area (TPSA) is 305 Å². The minimum Gasteiger partial charge on any atom is -0.480 e. The predicted octanol–water partition coefficient (Wildman–Crippen LogP) is 2.71. The first-order chi connectivity index (χ1) is 30.8. The molecule has 9 N–H and O–H groups in total. The highest BCUT2D eigenvalue weighted by molar-refractivity contribution is 7.89. The van der Waals surface area contributed by atoms with Crippen molar-refractivity contribution < 1.29 is 46.1 Å². The summed E-state index contributed by atoms with van der Waals surface area (Å²) in [5.41, 5.74) is 7.89. The van der Waals surface area contributed by atoms with Gasteiger partial charge in [-0.15, -0.1) is 0 Å². The Labute approximate surface area is 372 Å². The summed E-state index contributed by atoms with van der Waals surface area (Å²) < 4.78 is 64.1. The van der Waals surface area contributed by atoms with Crippen LogP contribution in [0.5, 0.6) is 0 Å². The number of aryl methyl sites for hydroxylation is 4. The minimum atomic E-state index is -4.42. The van der Waals surface area contributed by atoms with Crippen LogP contribution in [0.25, 0.3) is 10.9 Å². The van der Waals surface area contributed by atoms with E-state index in [4.69, 9.17) is 0 Å². The first kappa shape index (κ1) is 47.3. The van der Waals surface area contributed by atoms with E-state index in [-0.39, 0.29) is 58.4 Å². The van der Waals surface area contributed by atoms with Gasteiger partial charge in [0.2, 0.25) is 21.4 Å². The Morgan fingerprint density at radius 2 is 1.62 bits per heavy atom. The van der Waals surface area contributed by atoms with E-state index >= 15 is 0 Å². The standard InChI is InChI=1S/C42H46N10O11S2/c1-25-17-26(2)38(27(3)18-25)64(59,60)50-33(41(56)57)23-46-40(55)32-24-51(34-19-28(9-11-31(34)37(32)53)20-47-42-44-14-16-52(42)58)15-6-13-43-39(54)30-10-12-36(45-21-30)49-48-22-29-7-4-5-8-35(29)65(61,62)63/h4-5,7-12,14,16-19,21,24,33,48,50,58H,6,13,15,20,22-23H2,1-3H3,(H,43,54)(H,44,47)(H,45,49)(H,46,55)(H,56,57)(H,61,62,63)/t33-/m0/s1. The Bertz CT molecular complexity index is 3020. The van der Waals surface area contributed by atoms with Crippen LogP contribution in [0.4, 0.5) is 11.8 Å². The number of carboxylic acids is 1. The van der Waals surface area contributed by atoms with E-state index in [0.717, 1.165) is 10.3 Å². The van der Waals surface area contributed by atoms with E-state index in [9.17, 15) is 50.9 Å². The van der Waals surface area contributed by atoms with Gasteiger partial charge in [-0.05, 0) is 79.8 Å². The number of carbonyl (C=O) groups is 3. The number of sulfonamides is 1. The molecule has 0 spiro atoms. The maximum atomic E-state index is 13.8. The molecule has 0 aliphatic carbocycles. The third kappa shape index (κ3) is 11.7. The van der Waals surface area contributed by atoms with Crippen LogP contribution >= 0.6 is 0 Å². The molecule has 65 heavy (non-hydrogen) atoms. The summed E-state index contributed by atoms with van der Waals surface area (Å²) in [6.07, 6.45) is 5.68. The normalized spacial score (nSPS) is 12.1. The second-order valence-corrected chi connectivity index (χ2v) is 18.0. The molecule has 2 amide bonds. The third-order valence-corrected chi connectivity index (χ3v) is 12.8. The van der Waals surface area contributed by atoms with Crippen molar-refractivity contribution in [3.8, 4) is 0 Å². The van der Waals surface area contributed by atoms with Crippen LogP contribution in [0.2, 0.25) is 0 Å². The van der Waals surface area contributed by atoms with Crippen molar-refractivity contribution in [1.82, 2.24) is 40.0 Å². The summed E-state index contributed by atoms with van der Waals surface area (Å²) in [7, 11) is -8.78. The van der Waals surface area contributed by atoms with Crippen LogP contribution in [0, 0.1) is 20.8 Å². The molecule has 1 atom stereocenters. The van der Waals surface area contributed by atoms with Crippen molar-refractivity contribution >= 4 is 60.6 Å². The van der Waals surface area contributed by atoms with Gasteiger partial charge in [0.25, 0.3) is 21.9 Å². The van der Waals surface area contributed by atoms with E-state index in [1.807, 2.05) is 0 Å². The van der Waals surface area contributed by atoms with Gasteiger partial charge in [-0.1, -0.05) is 42.0 Å². The Morgan fingerprint density at radius 1 is 0.877 bits per heavy atom. The monoisotopic (exact) mass is 930 g/mol. The van der Waals surface area contributed by atoms with Crippen LogP contribution in [-0.4, -0.2) is 87.9 Å². The van der Waals surface area contributed by atoms with Crippen LogP contribution in [0.15, 0.2) is 106 Å². The Hall–Kier alpha value is -7.18. The first-order valence-electron chi connectivity index (χ1n) is 19.8. The zero-order valence-electron chi connectivity index (χ0n) is 35.2. The lowest BCUT2D eigenvalue weighted by molar-refractivity contribution is -0.138. The summed E-state index contributed by atoms with van der Waals surface area (Å²) >= 11 is 0. The molecule has 21 nitrogen and oxygen atoms in total. The molecule has 3 aromatic heterocycles. The number of hydrazine groups is 1. The average molecular weight is 931 g/mol. The summed E-state index contributed by atoms with van der Waals surface area (Å²) in [6.45, 7) is 4.82. The SMILES string of the molecule is Cc1cc(C)c(S(=O)(=O)N[C@@H](CNC(=O)c2cn(CCCNC(=O)c3ccc(NNCc4ccccc4S(=O)(=O)O)nc3)c3cc(CNc4nccn4O)ccc3c2=O)C(=O)O)c(C)c1. The van der Waals surface area contributed by atoms with E-state index in [2.05, 4.69) is 41.5 Å². The zero-order chi connectivity index (χ0) is 47.1. The van der Waals surface area contributed by atoms with Crippen molar-refractivity contribution in [2.75, 3.05) is 23.8 Å². The largest absolute Gasteiger partial charge is 0.480 e. The number of hydrogen-bond donors (Lipinski definition) is 9. The lowest BCUT2D eigenvalue weighted by Gasteiger charge is -2.19. The Balaban J connectivity index is 1.14. The molecule has 3 aromatic carbocycles. The fourth-order valence-corrected chi connectivity index (χ4v) is 9.45. The van der Waals surface area contributed by atoms with Crippen molar-refractivity contribution in [2.24, 2.45) is 0 Å². The average Bonchev–Trinajstić information content (AvgIpc) is 3.67. The van der Waals surface area contributed by atoms with Gasteiger partial charge < -0.3 is 36.3 Å². The van der Waals surface area contributed by atoms with Gasteiger partial charge in [0.05, 0.1) is 33.3 Å². The van der Waals surface area contributed by atoms with E-state index in [1.54, 1.807) is 55.7 Å². The van der Waals surface area contributed by atoms with Gasteiger partial charge in [-0.3, -0.25) is 23.7 Å². The predicted molar refractivity (Wildman–Crippen MR) is 238 cm³/mol. The molecular formula is C42H46N10O11S2. The van der Waals surface area contributed by atoms with E-state index in [1.165, 1.54) is 61.2 Å². The Kier molecular flexibility index (Phi) is 14.6. The lowest BCUT2D eigenvalue weighted by atomic mass is 10.1. The second kappa shape index (κ2) is 20.1. The summed E-state index contributed by atoms with van der Waals surface area (Å²) in [6, 6.07) is 15.4. The molecule has 23 heteroatoms. The fraction of sp³-hybridized carbons (Fsp3) is 0.238. The molecule has 0 bridgehead atoms. The quantitative estimate of drug-likeness (QED) is 0.0230. The smallest absolute Gasteiger partial charge is 0.323 e. The number of imidazole rings is 1. The highest BCUT2D eigenvalue weighted by Crippen LogP contribution is 2.22. The minimum absolute atomic E-state index is 0.0224. The van der Waals surface area contributed by atoms with Crippen molar-refractivity contribution in [3.05, 3.63) is 141 Å². The van der Waals surface area contributed by atoms with Gasteiger partial charge in [-0.2, -0.15) is 17.9 Å². The number of amides is 2. The summed E-state index contributed by atoms with van der Waals surface area (Å²) in [5.74, 6) is -2.46. The van der Waals surface area contributed by atoms with Crippen molar-refractivity contribution in [3.63, 3.8) is 0 Å². The number of fused-ring (bicyclic) bond motifs is 1. The number of nitrogens with zero attached hydrogens (tertiary/aromatic N) is 4. The molecule has 6 rings (SSSR count). The molecule has 0 saturated heterocycles. The molecular weight excluding hydrogens is 885 g/mol. The number of nitrogens with one attached hydrogen (secondary N) is 6. The third-order valence-electron chi connectivity index (χ3n) is 10.0. The van der Waals surface area contributed by atoms with Gasteiger partial charge in [0, 0.05) is 50.5 Å². The Morgan fingerprint density at radius 3 is 2.28 bits per heavy atom. The molecule has 3 heterocycles. The molecule has 0 saturated carbocycles. The lowest BCUT2D eigenvalue weighted by Crippen LogP contribution is -2.49. The maximum Gasteiger partial charge on any atom is 0.323 e. The summed E-state index contributed by atoms with van der Waals surface area (Å²) in [5, 5.41) is 28.2. The number of rotatable bonds is 20. The highest BCUT2D eigenvalue weighted by Gasteiger charge is 2.29. The molecule has 0 fully saturated rings. The second-order valence-electron chi connectivity index (χ2n) is 14.9. The number of hydrogen-bond acceptors (Lipinski definition) is 14. The number of pyridine rings is 2. The summed E-state index contributed by atoms with van der Waals surface area (Å²) in [4.78, 5) is 60.6.